The van der Waals surface area contributed by atoms with Gasteiger partial charge in [-0.25, -0.2) is 4.68 Å². The van der Waals surface area contributed by atoms with Crippen molar-refractivity contribution in [3.63, 3.8) is 0 Å². The molecule has 0 atom stereocenters. The molecule has 0 aliphatic heterocycles. The van der Waals surface area contributed by atoms with Crippen LogP contribution in [0, 0.1) is 0 Å². The highest BCUT2D eigenvalue weighted by Gasteiger charge is 2.13. The number of ether oxygens (including phenoxy) is 2. The zero-order valence-corrected chi connectivity index (χ0v) is 20.0. The van der Waals surface area contributed by atoms with Crippen LogP contribution >= 0.6 is 27.7 Å². The van der Waals surface area contributed by atoms with Gasteiger partial charge in [-0.3, -0.25) is 0 Å². The van der Waals surface area contributed by atoms with Crippen molar-refractivity contribution in [1.82, 2.24) is 25.5 Å². The van der Waals surface area contributed by atoms with Gasteiger partial charge in [0.15, 0.2) is 11.5 Å². The van der Waals surface area contributed by atoms with Crippen molar-refractivity contribution >= 4 is 27.7 Å². The molecule has 7 nitrogen and oxygen atoms in total. The normalized spacial score (nSPS) is 10.5. The van der Waals surface area contributed by atoms with E-state index < -0.39 is 0 Å². The first-order valence-electron chi connectivity index (χ1n) is 9.35. The van der Waals surface area contributed by atoms with Crippen molar-refractivity contribution in [3.05, 3.63) is 58.1 Å². The number of thioether (sulfide) groups is 1. The van der Waals surface area contributed by atoms with E-state index in [1.807, 2.05) is 50.4 Å². The smallest absolute Gasteiger partial charge is 0.209 e. The molecular formula is C20H24BrClN5O2S-. The molecule has 0 radical (unpaired) electrons. The molecule has 0 fully saturated rings. The van der Waals surface area contributed by atoms with E-state index in [0.717, 1.165) is 51.1 Å². The maximum absolute atomic E-state index is 6.04. The number of aromatic nitrogens is 4. The number of nitrogens with one attached hydrogen (secondary N) is 1. The first kappa shape index (κ1) is 24.5. The molecule has 162 valence electrons. The zero-order chi connectivity index (χ0) is 20.5. The summed E-state index contributed by atoms with van der Waals surface area (Å²) in [6, 6.07) is 14.2. The summed E-state index contributed by atoms with van der Waals surface area (Å²) in [6.07, 6.45) is 0. The number of tetrazole rings is 1. The van der Waals surface area contributed by atoms with Crippen LogP contribution in [0.1, 0.15) is 18.1 Å². The average molecular weight is 514 g/mol. The van der Waals surface area contributed by atoms with E-state index >= 15 is 0 Å². The standard InChI is InChI=1S/C20H24BrN5O2S.ClH/c1-3-27-18-12-16(13-22-9-10-29-20-23-24-25-26(20)2)11-17(21)19(18)28-14-15-7-5-4-6-8-15;/h4-8,11-12,22H,3,9-10,13-14H2,1-2H3;1H/p-1. The summed E-state index contributed by atoms with van der Waals surface area (Å²) in [7, 11) is 1.84. The number of aryl methyl sites for hydroxylation is 1. The second kappa shape index (κ2) is 12.8. The van der Waals surface area contributed by atoms with Crippen LogP contribution in [0.25, 0.3) is 0 Å². The number of nitrogens with zero attached hydrogens (tertiary/aromatic N) is 4. The molecule has 0 spiro atoms. The van der Waals surface area contributed by atoms with Gasteiger partial charge in [0.2, 0.25) is 5.16 Å². The van der Waals surface area contributed by atoms with Crippen molar-refractivity contribution < 1.29 is 21.9 Å². The number of benzene rings is 2. The fourth-order valence-electron chi connectivity index (χ4n) is 2.65. The van der Waals surface area contributed by atoms with Crippen LogP contribution in [-0.2, 0) is 20.2 Å². The third-order valence-corrected chi connectivity index (χ3v) is 5.62. The molecule has 30 heavy (non-hydrogen) atoms. The van der Waals surface area contributed by atoms with Gasteiger partial charge in [-0.2, -0.15) is 0 Å². The number of hydrogen-bond donors (Lipinski definition) is 1. The molecule has 0 bridgehead atoms. The average Bonchev–Trinajstić information content (AvgIpc) is 3.13. The van der Waals surface area contributed by atoms with Gasteiger partial charge >= 0.3 is 0 Å². The molecule has 0 aliphatic carbocycles. The predicted octanol–water partition coefficient (Wildman–Crippen LogP) is 0.836. The van der Waals surface area contributed by atoms with E-state index in [9.17, 15) is 0 Å². The zero-order valence-electron chi connectivity index (χ0n) is 16.8. The van der Waals surface area contributed by atoms with Crippen molar-refractivity contribution in [2.75, 3.05) is 18.9 Å². The third kappa shape index (κ3) is 7.16. The molecule has 0 amide bonds. The van der Waals surface area contributed by atoms with Crippen LogP contribution in [-0.4, -0.2) is 39.1 Å². The van der Waals surface area contributed by atoms with Crippen LogP contribution in [0.2, 0.25) is 0 Å². The largest absolute Gasteiger partial charge is 1.00 e. The molecule has 3 aromatic rings. The van der Waals surface area contributed by atoms with E-state index in [1.165, 1.54) is 0 Å². The highest BCUT2D eigenvalue weighted by Crippen LogP contribution is 2.37. The van der Waals surface area contributed by atoms with Crippen LogP contribution < -0.4 is 27.2 Å². The minimum Gasteiger partial charge on any atom is -1.00 e. The first-order valence-corrected chi connectivity index (χ1v) is 11.1. The van der Waals surface area contributed by atoms with Gasteiger partial charge in [-0.15, -0.1) is 5.10 Å². The van der Waals surface area contributed by atoms with Crippen LogP contribution in [0.5, 0.6) is 11.5 Å². The van der Waals surface area contributed by atoms with Gasteiger partial charge in [0, 0.05) is 25.9 Å². The van der Waals surface area contributed by atoms with Crippen LogP contribution in [0.4, 0.5) is 0 Å². The third-order valence-electron chi connectivity index (χ3n) is 4.02. The molecule has 0 unspecified atom stereocenters. The Hall–Kier alpha value is -1.81. The summed E-state index contributed by atoms with van der Waals surface area (Å²) in [5, 5.41) is 15.7. The highest BCUT2D eigenvalue weighted by atomic mass is 79.9. The molecule has 2 aromatic carbocycles. The van der Waals surface area contributed by atoms with Gasteiger partial charge in [0.1, 0.15) is 6.61 Å². The summed E-state index contributed by atoms with van der Waals surface area (Å²) < 4.78 is 14.4. The van der Waals surface area contributed by atoms with E-state index in [0.29, 0.717) is 13.2 Å². The van der Waals surface area contributed by atoms with Gasteiger partial charge in [-0.1, -0.05) is 42.1 Å². The second-order valence-corrected chi connectivity index (χ2v) is 8.14. The molecule has 0 saturated heterocycles. The van der Waals surface area contributed by atoms with E-state index in [4.69, 9.17) is 9.47 Å². The Labute approximate surface area is 195 Å². The van der Waals surface area contributed by atoms with Gasteiger partial charge in [0.05, 0.1) is 11.1 Å². The predicted molar refractivity (Wildman–Crippen MR) is 117 cm³/mol. The Morgan fingerprint density at radius 3 is 2.63 bits per heavy atom. The van der Waals surface area contributed by atoms with E-state index in [2.05, 4.69) is 42.8 Å². The SMILES string of the molecule is CCOc1cc(CNCCSc2nnnn2C)cc(Br)c1OCc1ccccc1.[Cl-]. The van der Waals surface area contributed by atoms with E-state index in [-0.39, 0.29) is 12.4 Å². The second-order valence-electron chi connectivity index (χ2n) is 6.22. The molecule has 3 rings (SSSR count). The molecule has 1 aromatic heterocycles. The lowest BCUT2D eigenvalue weighted by atomic mass is 10.2. The lowest BCUT2D eigenvalue weighted by Gasteiger charge is -2.16. The monoisotopic (exact) mass is 512 g/mol. The minimum atomic E-state index is 0. The Kier molecular flexibility index (Phi) is 10.4. The molecule has 0 aliphatic rings. The minimum absolute atomic E-state index is 0. The Morgan fingerprint density at radius 2 is 1.93 bits per heavy atom. The molecule has 1 N–H and O–H groups in total. The number of rotatable bonds is 11. The first-order chi connectivity index (χ1) is 14.2. The Morgan fingerprint density at radius 1 is 1.13 bits per heavy atom. The molecule has 0 saturated carbocycles. The molecule has 1 heterocycles. The maximum atomic E-state index is 6.04. The van der Waals surface area contributed by atoms with Gasteiger partial charge < -0.3 is 27.2 Å². The summed E-state index contributed by atoms with van der Waals surface area (Å²) in [5.74, 6) is 2.35. The quantitative estimate of drug-likeness (QED) is 0.301. The van der Waals surface area contributed by atoms with Crippen LogP contribution in [0.15, 0.2) is 52.1 Å². The Balaban J connectivity index is 0.00000320. The lowest BCUT2D eigenvalue weighted by molar-refractivity contribution is -0.00000679. The lowest BCUT2D eigenvalue weighted by Crippen LogP contribution is -3.00. The summed E-state index contributed by atoms with van der Waals surface area (Å²) in [6.45, 7) is 4.61. The maximum Gasteiger partial charge on any atom is 0.209 e. The molecular weight excluding hydrogens is 490 g/mol. The van der Waals surface area contributed by atoms with Gasteiger partial charge in [-0.05, 0) is 56.5 Å². The fourth-order valence-corrected chi connectivity index (χ4v) is 4.00. The summed E-state index contributed by atoms with van der Waals surface area (Å²) in [5.41, 5.74) is 2.24. The van der Waals surface area contributed by atoms with Gasteiger partial charge in [0.25, 0.3) is 0 Å². The van der Waals surface area contributed by atoms with E-state index in [1.54, 1.807) is 16.4 Å². The van der Waals surface area contributed by atoms with Crippen molar-refractivity contribution in [1.29, 1.82) is 0 Å². The molecule has 10 heteroatoms. The Bertz CT molecular complexity index is 913. The van der Waals surface area contributed by atoms with Crippen molar-refractivity contribution in [3.8, 4) is 11.5 Å². The summed E-state index contributed by atoms with van der Waals surface area (Å²) in [4.78, 5) is 0. The number of hydrogen-bond acceptors (Lipinski definition) is 7. The highest BCUT2D eigenvalue weighted by molar-refractivity contribution is 9.10. The fraction of sp³-hybridized carbons (Fsp3) is 0.350. The van der Waals surface area contributed by atoms with Crippen molar-refractivity contribution in [2.24, 2.45) is 7.05 Å². The van der Waals surface area contributed by atoms with Crippen LogP contribution in [0.3, 0.4) is 0 Å². The topological polar surface area (TPSA) is 74.1 Å². The summed E-state index contributed by atoms with van der Waals surface area (Å²) >= 11 is 5.26. The van der Waals surface area contributed by atoms with Crippen molar-refractivity contribution in [2.45, 2.75) is 25.2 Å². The number of halogens is 2.